The summed E-state index contributed by atoms with van der Waals surface area (Å²) in [6.45, 7) is -0.0734. The minimum atomic E-state index is -4.47. The molecule has 0 radical (unpaired) electrons. The second-order valence-electron chi connectivity index (χ2n) is 4.54. The zero-order valence-electron chi connectivity index (χ0n) is 10.8. The molecule has 1 heterocycles. The molecule has 0 bridgehead atoms. The molecule has 1 saturated heterocycles. The van der Waals surface area contributed by atoms with Gasteiger partial charge in [-0.25, -0.2) is 0 Å². The summed E-state index contributed by atoms with van der Waals surface area (Å²) < 4.78 is 35.7. The van der Waals surface area contributed by atoms with E-state index in [1.54, 1.807) is 5.32 Å². The number of nitrogens with zero attached hydrogens (tertiary/aromatic N) is 1. The van der Waals surface area contributed by atoms with Crippen molar-refractivity contribution >= 4 is 28.7 Å². The molecule has 1 atom stereocenters. The van der Waals surface area contributed by atoms with Crippen molar-refractivity contribution in [3.05, 3.63) is 0 Å². The molecule has 0 aliphatic carbocycles. The first-order chi connectivity index (χ1) is 9.17. The van der Waals surface area contributed by atoms with E-state index in [4.69, 9.17) is 0 Å². The van der Waals surface area contributed by atoms with Crippen LogP contribution in [0, 0.1) is 5.92 Å². The van der Waals surface area contributed by atoms with Crippen LogP contribution in [0.15, 0.2) is 0 Å². The predicted molar refractivity (Wildman–Crippen MR) is 66.9 cm³/mol. The highest BCUT2D eigenvalue weighted by Gasteiger charge is 2.32. The number of rotatable bonds is 5. The first-order valence-electron chi connectivity index (χ1n) is 5.92. The van der Waals surface area contributed by atoms with E-state index in [-0.39, 0.29) is 29.9 Å². The van der Waals surface area contributed by atoms with Crippen LogP contribution in [0.4, 0.5) is 13.2 Å². The van der Waals surface area contributed by atoms with Gasteiger partial charge in [0.2, 0.25) is 11.8 Å². The van der Waals surface area contributed by atoms with Crippen molar-refractivity contribution in [1.29, 1.82) is 0 Å². The fourth-order valence-corrected chi connectivity index (χ4v) is 2.48. The van der Waals surface area contributed by atoms with Crippen LogP contribution in [0.5, 0.6) is 0 Å². The van der Waals surface area contributed by atoms with Crippen molar-refractivity contribution in [2.75, 3.05) is 25.4 Å². The smallest absolute Gasteiger partial charge is 0.345 e. The van der Waals surface area contributed by atoms with Gasteiger partial charge >= 0.3 is 6.18 Å². The Morgan fingerprint density at radius 2 is 2.10 bits per heavy atom. The average Bonchev–Trinajstić information content (AvgIpc) is 2.64. The van der Waals surface area contributed by atoms with Crippen LogP contribution in [0.25, 0.3) is 0 Å². The number of hydrogen-bond acceptors (Lipinski definition) is 4. The largest absolute Gasteiger partial charge is 0.405 e. The summed E-state index contributed by atoms with van der Waals surface area (Å²) in [6.07, 6.45) is -4.25. The number of thioether (sulfide) groups is 1. The SMILES string of the molecule is CC(=O)SCC1CC(=O)N(CC(=O)NCC(F)(F)F)C1. The summed E-state index contributed by atoms with van der Waals surface area (Å²) in [5, 5.41) is 1.66. The van der Waals surface area contributed by atoms with Crippen molar-refractivity contribution in [1.82, 2.24) is 10.2 Å². The number of carbonyl (C=O) groups excluding carboxylic acids is 3. The third kappa shape index (κ3) is 6.27. The monoisotopic (exact) mass is 312 g/mol. The van der Waals surface area contributed by atoms with Gasteiger partial charge < -0.3 is 10.2 Å². The maximum absolute atomic E-state index is 11.9. The standard InChI is InChI=1S/C11H15F3N2O3S/c1-7(17)20-5-8-2-10(19)16(3-8)4-9(18)15-6-11(12,13)14/h8H,2-6H2,1H3,(H,15,18). The van der Waals surface area contributed by atoms with Crippen LogP contribution in [0.1, 0.15) is 13.3 Å². The lowest BCUT2D eigenvalue weighted by atomic mass is 10.1. The third-order valence-corrected chi connectivity index (χ3v) is 3.68. The number of halogens is 3. The molecule has 0 spiro atoms. The molecule has 9 heteroatoms. The highest BCUT2D eigenvalue weighted by Crippen LogP contribution is 2.22. The quantitative estimate of drug-likeness (QED) is 0.815. The van der Waals surface area contributed by atoms with Crippen molar-refractivity contribution in [2.24, 2.45) is 5.92 Å². The molecule has 1 fully saturated rings. The molecule has 114 valence electrons. The lowest BCUT2D eigenvalue weighted by molar-refractivity contribution is -0.141. The van der Waals surface area contributed by atoms with Gasteiger partial charge in [0.1, 0.15) is 6.54 Å². The molecule has 20 heavy (non-hydrogen) atoms. The summed E-state index contributed by atoms with van der Waals surface area (Å²) in [5.74, 6) is -0.689. The Kier molecular flexibility index (Phi) is 5.85. The molecule has 0 saturated carbocycles. The predicted octanol–water partition coefficient (Wildman–Crippen LogP) is 0.793. The number of carbonyl (C=O) groups is 3. The van der Waals surface area contributed by atoms with Gasteiger partial charge in [0.05, 0.1) is 6.54 Å². The van der Waals surface area contributed by atoms with Crippen LogP contribution in [0.2, 0.25) is 0 Å². The highest BCUT2D eigenvalue weighted by molar-refractivity contribution is 8.13. The van der Waals surface area contributed by atoms with E-state index in [0.717, 1.165) is 11.8 Å². The van der Waals surface area contributed by atoms with E-state index in [1.807, 2.05) is 0 Å². The average molecular weight is 312 g/mol. The second kappa shape index (κ2) is 6.96. The first kappa shape index (κ1) is 16.8. The van der Waals surface area contributed by atoms with E-state index >= 15 is 0 Å². The van der Waals surface area contributed by atoms with Gasteiger partial charge in [0, 0.05) is 25.6 Å². The number of hydrogen-bond donors (Lipinski definition) is 1. The van der Waals surface area contributed by atoms with E-state index in [2.05, 4.69) is 0 Å². The second-order valence-corrected chi connectivity index (χ2v) is 5.74. The van der Waals surface area contributed by atoms with E-state index in [0.29, 0.717) is 12.3 Å². The Bertz CT molecular complexity index is 401. The molecule has 0 aromatic carbocycles. The molecule has 1 unspecified atom stereocenters. The molecule has 1 rings (SSSR count). The number of nitrogens with one attached hydrogen (secondary N) is 1. The fraction of sp³-hybridized carbons (Fsp3) is 0.727. The summed E-state index contributed by atoms with van der Waals surface area (Å²) in [7, 11) is 0. The van der Waals surface area contributed by atoms with Crippen molar-refractivity contribution in [3.8, 4) is 0 Å². The van der Waals surface area contributed by atoms with Gasteiger partial charge in [0.15, 0.2) is 5.12 Å². The number of amides is 2. The van der Waals surface area contributed by atoms with Gasteiger partial charge in [-0.2, -0.15) is 13.2 Å². The van der Waals surface area contributed by atoms with Gasteiger partial charge in [-0.3, -0.25) is 14.4 Å². The Morgan fingerprint density at radius 3 is 2.65 bits per heavy atom. The molecule has 2 amide bonds. The van der Waals surface area contributed by atoms with Crippen molar-refractivity contribution in [3.63, 3.8) is 0 Å². The van der Waals surface area contributed by atoms with Gasteiger partial charge in [0.25, 0.3) is 0 Å². The van der Waals surface area contributed by atoms with Gasteiger partial charge in [-0.05, 0) is 5.92 Å². The first-order valence-corrected chi connectivity index (χ1v) is 6.90. The molecule has 1 aliphatic rings. The molecule has 1 N–H and O–H groups in total. The lowest BCUT2D eigenvalue weighted by Crippen LogP contribution is -2.41. The van der Waals surface area contributed by atoms with Crippen LogP contribution < -0.4 is 5.32 Å². The molecule has 5 nitrogen and oxygen atoms in total. The summed E-state index contributed by atoms with van der Waals surface area (Å²) >= 11 is 1.10. The molecule has 0 aromatic rings. The van der Waals surface area contributed by atoms with Crippen LogP contribution in [-0.2, 0) is 14.4 Å². The van der Waals surface area contributed by atoms with Gasteiger partial charge in [-0.1, -0.05) is 11.8 Å². The minimum absolute atomic E-state index is 0.0492. The molecule has 0 aromatic heterocycles. The highest BCUT2D eigenvalue weighted by atomic mass is 32.2. The zero-order valence-corrected chi connectivity index (χ0v) is 11.6. The van der Waals surface area contributed by atoms with Gasteiger partial charge in [-0.15, -0.1) is 0 Å². The van der Waals surface area contributed by atoms with Crippen molar-refractivity contribution < 1.29 is 27.6 Å². The van der Waals surface area contributed by atoms with Crippen LogP contribution in [-0.4, -0.2) is 53.4 Å². The minimum Gasteiger partial charge on any atom is -0.345 e. The van der Waals surface area contributed by atoms with Crippen LogP contribution >= 0.6 is 11.8 Å². The summed E-state index contributed by atoms with van der Waals surface area (Å²) in [6, 6.07) is 0. The number of alkyl halides is 3. The Labute approximate surface area is 118 Å². The normalized spacial score (nSPS) is 19.3. The lowest BCUT2D eigenvalue weighted by Gasteiger charge is -2.16. The maximum atomic E-state index is 11.9. The maximum Gasteiger partial charge on any atom is 0.405 e. The topological polar surface area (TPSA) is 66.5 Å². The molecule has 1 aliphatic heterocycles. The fourth-order valence-electron chi connectivity index (χ4n) is 1.78. The van der Waals surface area contributed by atoms with E-state index in [1.165, 1.54) is 11.8 Å². The van der Waals surface area contributed by atoms with Crippen LogP contribution in [0.3, 0.4) is 0 Å². The zero-order chi connectivity index (χ0) is 15.3. The Balaban J connectivity index is 2.35. The molecular formula is C11H15F3N2O3S. The van der Waals surface area contributed by atoms with Crippen molar-refractivity contribution in [2.45, 2.75) is 19.5 Å². The molecular weight excluding hydrogens is 297 g/mol. The van der Waals surface area contributed by atoms with E-state index < -0.39 is 18.6 Å². The Morgan fingerprint density at radius 1 is 1.45 bits per heavy atom. The summed E-state index contributed by atoms with van der Waals surface area (Å²) in [4.78, 5) is 34.9. The Hall–Kier alpha value is -1.25. The summed E-state index contributed by atoms with van der Waals surface area (Å²) in [5.41, 5.74) is 0. The van der Waals surface area contributed by atoms with E-state index in [9.17, 15) is 27.6 Å². The number of likely N-dealkylation sites (tertiary alicyclic amines) is 1. The third-order valence-electron chi connectivity index (χ3n) is 2.64.